The topological polar surface area (TPSA) is 24.4 Å². The predicted molar refractivity (Wildman–Crippen MR) is 87.2 cm³/mol. The third-order valence-electron chi connectivity index (χ3n) is 3.57. The fraction of sp³-hybridized carbons (Fsp3) is 0.176. The first-order chi connectivity index (χ1) is 9.58. The second-order valence-corrected chi connectivity index (χ2v) is 5.63. The Morgan fingerprint density at radius 3 is 2.30 bits per heavy atom. The molecule has 100 valence electrons. The maximum atomic E-state index is 5.46. The number of nitrogens with one attached hydrogen (secondary N) is 1. The third-order valence-corrected chi connectivity index (χ3v) is 3.86. The standard InChI is InChI=1S/C17H16N2S/c1-12-8-10-14(11-9-12)17(2)18-15(16(20)19-17)13-6-4-3-5-7-13/h3-11H,1-2H3,(H,19,20). The van der Waals surface area contributed by atoms with Crippen molar-refractivity contribution in [3.8, 4) is 0 Å². The van der Waals surface area contributed by atoms with Crippen LogP contribution in [0.25, 0.3) is 0 Å². The smallest absolute Gasteiger partial charge is 0.154 e. The molecule has 1 aliphatic heterocycles. The number of hydrogen-bond donors (Lipinski definition) is 1. The number of hydrogen-bond acceptors (Lipinski definition) is 2. The van der Waals surface area contributed by atoms with Crippen molar-refractivity contribution in [1.82, 2.24) is 5.32 Å². The predicted octanol–water partition coefficient (Wildman–Crippen LogP) is 3.59. The highest BCUT2D eigenvalue weighted by molar-refractivity contribution is 7.82. The van der Waals surface area contributed by atoms with E-state index in [1.807, 2.05) is 30.3 Å². The first kappa shape index (κ1) is 13.0. The number of nitrogens with zero attached hydrogens (tertiary/aromatic N) is 1. The summed E-state index contributed by atoms with van der Waals surface area (Å²) in [6.45, 7) is 4.14. The van der Waals surface area contributed by atoms with Gasteiger partial charge in [0, 0.05) is 5.56 Å². The van der Waals surface area contributed by atoms with E-state index in [9.17, 15) is 0 Å². The second-order valence-electron chi connectivity index (χ2n) is 5.22. The van der Waals surface area contributed by atoms with Crippen molar-refractivity contribution >= 4 is 22.9 Å². The van der Waals surface area contributed by atoms with Gasteiger partial charge in [0.05, 0.1) is 0 Å². The van der Waals surface area contributed by atoms with Crippen LogP contribution in [-0.4, -0.2) is 10.7 Å². The van der Waals surface area contributed by atoms with Crippen LogP contribution in [0.5, 0.6) is 0 Å². The van der Waals surface area contributed by atoms with E-state index in [0.29, 0.717) is 4.99 Å². The minimum absolute atomic E-state index is 0.476. The lowest BCUT2D eigenvalue weighted by Crippen LogP contribution is -2.36. The van der Waals surface area contributed by atoms with Gasteiger partial charge in [-0.3, -0.25) is 0 Å². The molecule has 0 radical (unpaired) electrons. The molecule has 1 aliphatic rings. The first-order valence-electron chi connectivity index (χ1n) is 6.63. The Morgan fingerprint density at radius 2 is 1.65 bits per heavy atom. The van der Waals surface area contributed by atoms with Gasteiger partial charge >= 0.3 is 0 Å². The number of thiocarbonyl (C=S) groups is 1. The van der Waals surface area contributed by atoms with Gasteiger partial charge in [-0.15, -0.1) is 0 Å². The van der Waals surface area contributed by atoms with Crippen LogP contribution < -0.4 is 5.32 Å². The summed E-state index contributed by atoms with van der Waals surface area (Å²) in [5.74, 6) is 0. The minimum Gasteiger partial charge on any atom is -0.347 e. The molecule has 0 amide bonds. The van der Waals surface area contributed by atoms with E-state index in [0.717, 1.165) is 16.8 Å². The van der Waals surface area contributed by atoms with Crippen molar-refractivity contribution in [3.05, 3.63) is 71.3 Å². The fourth-order valence-electron chi connectivity index (χ4n) is 2.39. The molecule has 1 atom stereocenters. The molecule has 0 aromatic heterocycles. The van der Waals surface area contributed by atoms with Gasteiger partial charge in [0.1, 0.15) is 10.7 Å². The van der Waals surface area contributed by atoms with E-state index in [2.05, 4.69) is 43.4 Å². The van der Waals surface area contributed by atoms with E-state index in [1.54, 1.807) is 0 Å². The van der Waals surface area contributed by atoms with Gasteiger partial charge in [0.15, 0.2) is 5.66 Å². The Labute approximate surface area is 124 Å². The number of aliphatic imine (C=N–C) groups is 1. The van der Waals surface area contributed by atoms with Gasteiger partial charge in [0.25, 0.3) is 0 Å². The van der Waals surface area contributed by atoms with Crippen LogP contribution in [-0.2, 0) is 5.66 Å². The maximum Gasteiger partial charge on any atom is 0.154 e. The second kappa shape index (κ2) is 4.84. The van der Waals surface area contributed by atoms with Crippen LogP contribution in [0.2, 0.25) is 0 Å². The van der Waals surface area contributed by atoms with E-state index in [1.165, 1.54) is 5.56 Å². The first-order valence-corrected chi connectivity index (χ1v) is 7.04. The molecular formula is C17H16N2S. The van der Waals surface area contributed by atoms with Gasteiger partial charge in [-0.25, -0.2) is 4.99 Å². The van der Waals surface area contributed by atoms with Crippen LogP contribution >= 0.6 is 12.2 Å². The van der Waals surface area contributed by atoms with Crippen molar-refractivity contribution in [2.24, 2.45) is 4.99 Å². The molecular weight excluding hydrogens is 264 g/mol. The summed E-state index contributed by atoms with van der Waals surface area (Å²) in [7, 11) is 0. The molecule has 2 aromatic rings. The van der Waals surface area contributed by atoms with Crippen LogP contribution in [0.3, 0.4) is 0 Å². The molecule has 0 fully saturated rings. The Bertz CT molecular complexity index is 674. The highest BCUT2D eigenvalue weighted by atomic mass is 32.1. The van der Waals surface area contributed by atoms with E-state index < -0.39 is 5.66 Å². The largest absolute Gasteiger partial charge is 0.347 e. The summed E-state index contributed by atoms with van der Waals surface area (Å²) >= 11 is 5.46. The molecule has 3 heteroatoms. The molecule has 3 rings (SSSR count). The zero-order chi connectivity index (χ0) is 14.2. The molecule has 1 N–H and O–H groups in total. The molecule has 0 saturated heterocycles. The highest BCUT2D eigenvalue weighted by Gasteiger charge is 2.34. The van der Waals surface area contributed by atoms with E-state index in [-0.39, 0.29) is 0 Å². The fourth-order valence-corrected chi connectivity index (χ4v) is 2.75. The molecule has 0 bridgehead atoms. The summed E-state index contributed by atoms with van der Waals surface area (Å²) in [6, 6.07) is 18.5. The summed E-state index contributed by atoms with van der Waals surface area (Å²) in [5.41, 5.74) is 3.81. The summed E-state index contributed by atoms with van der Waals surface area (Å²) in [5, 5.41) is 3.34. The van der Waals surface area contributed by atoms with Crippen molar-refractivity contribution in [3.63, 3.8) is 0 Å². The van der Waals surface area contributed by atoms with Gasteiger partial charge < -0.3 is 5.32 Å². The van der Waals surface area contributed by atoms with Gasteiger partial charge in [0.2, 0.25) is 0 Å². The van der Waals surface area contributed by atoms with E-state index >= 15 is 0 Å². The van der Waals surface area contributed by atoms with Crippen molar-refractivity contribution < 1.29 is 0 Å². The monoisotopic (exact) mass is 280 g/mol. The van der Waals surface area contributed by atoms with E-state index in [4.69, 9.17) is 17.2 Å². The molecule has 2 nitrogen and oxygen atoms in total. The summed E-state index contributed by atoms with van der Waals surface area (Å²) in [4.78, 5) is 5.54. The van der Waals surface area contributed by atoms with Crippen LogP contribution in [0.1, 0.15) is 23.6 Å². The third kappa shape index (κ3) is 2.25. The molecule has 1 heterocycles. The Morgan fingerprint density at radius 1 is 1.00 bits per heavy atom. The van der Waals surface area contributed by atoms with Gasteiger partial charge in [-0.1, -0.05) is 72.4 Å². The zero-order valence-electron chi connectivity index (χ0n) is 11.6. The number of benzene rings is 2. The summed E-state index contributed by atoms with van der Waals surface area (Å²) in [6.07, 6.45) is 0. The van der Waals surface area contributed by atoms with Gasteiger partial charge in [-0.05, 0) is 19.4 Å². The SMILES string of the molecule is Cc1ccc(C2(C)N=C(c3ccccc3)C(=S)N2)cc1. The average molecular weight is 280 g/mol. The van der Waals surface area contributed by atoms with Crippen molar-refractivity contribution in [1.29, 1.82) is 0 Å². The average Bonchev–Trinajstić information content (AvgIpc) is 2.77. The van der Waals surface area contributed by atoms with Crippen LogP contribution in [0.15, 0.2) is 59.6 Å². The molecule has 0 aliphatic carbocycles. The number of aryl methyl sites for hydroxylation is 1. The Kier molecular flexibility index (Phi) is 3.14. The molecule has 20 heavy (non-hydrogen) atoms. The summed E-state index contributed by atoms with van der Waals surface area (Å²) < 4.78 is 0. The van der Waals surface area contributed by atoms with Crippen LogP contribution in [0.4, 0.5) is 0 Å². The lowest BCUT2D eigenvalue weighted by molar-refractivity contribution is 0.480. The normalized spacial score (nSPS) is 21.5. The molecule has 0 saturated carbocycles. The molecule has 2 aromatic carbocycles. The zero-order valence-corrected chi connectivity index (χ0v) is 12.4. The molecule has 0 spiro atoms. The molecule has 1 unspecified atom stereocenters. The maximum absolute atomic E-state index is 5.46. The van der Waals surface area contributed by atoms with Crippen molar-refractivity contribution in [2.75, 3.05) is 0 Å². The highest BCUT2D eigenvalue weighted by Crippen LogP contribution is 2.28. The van der Waals surface area contributed by atoms with Crippen LogP contribution in [0, 0.1) is 6.92 Å². The lowest BCUT2D eigenvalue weighted by atomic mass is 10.0. The number of rotatable bonds is 2. The quantitative estimate of drug-likeness (QED) is 0.850. The van der Waals surface area contributed by atoms with Gasteiger partial charge in [-0.2, -0.15) is 0 Å². The lowest BCUT2D eigenvalue weighted by Gasteiger charge is -2.22. The Hall–Kier alpha value is -2.00. The Balaban J connectivity index is 2.02. The van der Waals surface area contributed by atoms with Crippen molar-refractivity contribution in [2.45, 2.75) is 19.5 Å². The minimum atomic E-state index is -0.476.